The zero-order valence-electron chi connectivity index (χ0n) is 14.9. The number of likely N-dealkylation sites (N-methyl/N-ethyl adjacent to an activating group) is 1. The summed E-state index contributed by atoms with van der Waals surface area (Å²) in [7, 11) is 7.54. The molecule has 0 aliphatic heterocycles. The van der Waals surface area contributed by atoms with Crippen molar-refractivity contribution in [3.63, 3.8) is 0 Å². The lowest BCUT2D eigenvalue weighted by molar-refractivity contribution is 0.298. The topological polar surface area (TPSA) is 70.4 Å². The minimum atomic E-state index is -0.231. The minimum Gasteiger partial charge on any atom is -0.354 e. The van der Waals surface area contributed by atoms with E-state index in [9.17, 15) is 4.39 Å². The summed E-state index contributed by atoms with van der Waals surface area (Å²) in [4.78, 5) is 10.5. The van der Waals surface area contributed by atoms with Crippen LogP contribution in [-0.2, 0) is 13.6 Å². The predicted octanol–water partition coefficient (Wildman–Crippen LogP) is 1.54. The summed E-state index contributed by atoms with van der Waals surface area (Å²) in [6.07, 6.45) is 1.52. The van der Waals surface area contributed by atoms with E-state index < -0.39 is 0 Å². The van der Waals surface area contributed by atoms with Gasteiger partial charge in [0.1, 0.15) is 18.0 Å². The smallest absolute Gasteiger partial charge is 0.191 e. The molecule has 1 aromatic heterocycles. The number of benzene rings is 1. The highest BCUT2D eigenvalue weighted by Gasteiger charge is 2.15. The van der Waals surface area contributed by atoms with Crippen molar-refractivity contribution >= 4 is 29.9 Å². The van der Waals surface area contributed by atoms with Crippen LogP contribution in [0.25, 0.3) is 0 Å². The van der Waals surface area contributed by atoms with Gasteiger partial charge in [-0.1, -0.05) is 12.1 Å². The number of nitrogens with one attached hydrogen (secondary N) is 2. The molecule has 2 rings (SSSR count). The Morgan fingerprint density at radius 2 is 1.96 bits per heavy atom. The number of aryl methyl sites for hydroxylation is 1. The first-order valence-electron chi connectivity index (χ1n) is 7.70. The number of hydrogen-bond acceptors (Lipinski definition) is 4. The summed E-state index contributed by atoms with van der Waals surface area (Å²) in [5.41, 5.74) is 1.04. The molecule has 0 bridgehead atoms. The van der Waals surface area contributed by atoms with Crippen LogP contribution in [0.2, 0.25) is 0 Å². The van der Waals surface area contributed by atoms with E-state index in [0.717, 1.165) is 11.4 Å². The Balaban J connectivity index is 0.00000312. The molecule has 0 radical (unpaired) electrons. The maximum absolute atomic E-state index is 13.1. The fourth-order valence-corrected chi connectivity index (χ4v) is 2.34. The lowest BCUT2D eigenvalue weighted by Crippen LogP contribution is -2.41. The van der Waals surface area contributed by atoms with Crippen LogP contribution in [0.1, 0.15) is 17.4 Å². The van der Waals surface area contributed by atoms with E-state index in [0.29, 0.717) is 19.0 Å². The van der Waals surface area contributed by atoms with Crippen molar-refractivity contribution in [1.29, 1.82) is 0 Å². The monoisotopic (exact) mass is 461 g/mol. The highest BCUT2D eigenvalue weighted by atomic mass is 127. The van der Waals surface area contributed by atoms with Crippen LogP contribution in [0.15, 0.2) is 35.6 Å². The summed E-state index contributed by atoms with van der Waals surface area (Å²) in [6, 6.07) is 6.66. The third kappa shape index (κ3) is 6.24. The largest absolute Gasteiger partial charge is 0.354 e. The summed E-state index contributed by atoms with van der Waals surface area (Å²) < 4.78 is 14.8. The maximum atomic E-state index is 13.1. The molecule has 0 saturated heterocycles. The van der Waals surface area contributed by atoms with E-state index >= 15 is 0 Å². The number of rotatable bonds is 6. The van der Waals surface area contributed by atoms with Crippen molar-refractivity contribution in [2.45, 2.75) is 12.6 Å². The van der Waals surface area contributed by atoms with Crippen molar-refractivity contribution in [1.82, 2.24) is 30.3 Å². The van der Waals surface area contributed by atoms with Gasteiger partial charge in [0.05, 0.1) is 12.6 Å². The lowest BCUT2D eigenvalue weighted by atomic mass is 10.1. The van der Waals surface area contributed by atoms with Crippen LogP contribution in [0, 0.1) is 5.82 Å². The van der Waals surface area contributed by atoms with Gasteiger partial charge in [0.25, 0.3) is 0 Å². The Kier molecular flexibility index (Phi) is 8.76. The lowest BCUT2D eigenvalue weighted by Gasteiger charge is -2.26. The third-order valence-electron chi connectivity index (χ3n) is 3.78. The van der Waals surface area contributed by atoms with E-state index in [4.69, 9.17) is 0 Å². The van der Waals surface area contributed by atoms with Gasteiger partial charge in [-0.3, -0.25) is 9.67 Å². The third-order valence-corrected chi connectivity index (χ3v) is 3.78. The van der Waals surface area contributed by atoms with Gasteiger partial charge in [-0.2, -0.15) is 5.10 Å². The molecule has 25 heavy (non-hydrogen) atoms. The molecular weight excluding hydrogens is 436 g/mol. The molecule has 0 aliphatic rings. The normalized spacial score (nSPS) is 12.6. The molecule has 0 spiro atoms. The van der Waals surface area contributed by atoms with E-state index in [1.807, 2.05) is 21.1 Å². The molecule has 0 aliphatic carbocycles. The molecule has 1 unspecified atom stereocenters. The second kappa shape index (κ2) is 10.3. The Bertz CT molecular complexity index is 669. The van der Waals surface area contributed by atoms with Gasteiger partial charge in [-0.05, 0) is 31.8 Å². The molecule has 0 fully saturated rings. The Morgan fingerprint density at radius 3 is 2.48 bits per heavy atom. The second-order valence-corrected chi connectivity index (χ2v) is 5.64. The van der Waals surface area contributed by atoms with Crippen LogP contribution in [0.4, 0.5) is 4.39 Å². The van der Waals surface area contributed by atoms with Gasteiger partial charge in [-0.25, -0.2) is 9.37 Å². The average Bonchev–Trinajstić information content (AvgIpc) is 2.97. The maximum Gasteiger partial charge on any atom is 0.191 e. The average molecular weight is 461 g/mol. The Labute approximate surface area is 164 Å². The van der Waals surface area contributed by atoms with E-state index in [1.54, 1.807) is 23.9 Å². The predicted molar refractivity (Wildman–Crippen MR) is 107 cm³/mol. The molecule has 2 N–H and O–H groups in total. The number of halogens is 2. The SMILES string of the molecule is CN=C(NCc1ncnn1C)NCC(c1ccc(F)cc1)N(C)C.I. The van der Waals surface area contributed by atoms with Crippen LogP contribution >= 0.6 is 24.0 Å². The summed E-state index contributed by atoms with van der Waals surface area (Å²) >= 11 is 0. The molecule has 7 nitrogen and oxygen atoms in total. The minimum absolute atomic E-state index is 0. The Morgan fingerprint density at radius 1 is 1.28 bits per heavy atom. The van der Waals surface area contributed by atoms with Gasteiger partial charge in [0, 0.05) is 20.6 Å². The van der Waals surface area contributed by atoms with Gasteiger partial charge >= 0.3 is 0 Å². The first kappa shape index (κ1) is 21.3. The zero-order chi connectivity index (χ0) is 17.5. The Hall–Kier alpha value is -1.75. The fourth-order valence-electron chi connectivity index (χ4n) is 2.34. The van der Waals surface area contributed by atoms with E-state index in [-0.39, 0.29) is 35.8 Å². The summed E-state index contributed by atoms with van der Waals surface area (Å²) in [6.45, 7) is 1.16. The van der Waals surface area contributed by atoms with Gasteiger partial charge in [-0.15, -0.1) is 24.0 Å². The number of hydrogen-bond donors (Lipinski definition) is 2. The highest BCUT2D eigenvalue weighted by molar-refractivity contribution is 14.0. The molecule has 1 heterocycles. The van der Waals surface area contributed by atoms with Crippen molar-refractivity contribution in [2.75, 3.05) is 27.7 Å². The quantitative estimate of drug-likeness (QED) is 0.388. The second-order valence-electron chi connectivity index (χ2n) is 5.64. The highest BCUT2D eigenvalue weighted by Crippen LogP contribution is 2.17. The van der Waals surface area contributed by atoms with Gasteiger partial charge < -0.3 is 15.5 Å². The number of guanidine groups is 1. The van der Waals surface area contributed by atoms with Crippen LogP contribution in [-0.4, -0.2) is 53.3 Å². The first-order chi connectivity index (χ1) is 11.5. The van der Waals surface area contributed by atoms with E-state index in [2.05, 4.69) is 30.6 Å². The zero-order valence-corrected chi connectivity index (χ0v) is 17.2. The molecule has 0 amide bonds. The number of nitrogens with zero attached hydrogens (tertiary/aromatic N) is 5. The molecule has 0 saturated carbocycles. The molecule has 1 atom stereocenters. The number of aromatic nitrogens is 3. The summed E-state index contributed by atoms with van der Waals surface area (Å²) in [5, 5.41) is 10.5. The first-order valence-corrected chi connectivity index (χ1v) is 7.70. The van der Waals surface area contributed by atoms with Crippen molar-refractivity contribution in [3.05, 3.63) is 47.8 Å². The molecular formula is C16H25FIN7. The van der Waals surface area contributed by atoms with Crippen LogP contribution < -0.4 is 10.6 Å². The van der Waals surface area contributed by atoms with Crippen LogP contribution in [0.3, 0.4) is 0 Å². The van der Waals surface area contributed by atoms with E-state index in [1.165, 1.54) is 18.5 Å². The van der Waals surface area contributed by atoms with Gasteiger partial charge in [0.2, 0.25) is 0 Å². The molecule has 138 valence electrons. The molecule has 2 aromatic rings. The standard InChI is InChI=1S/C16H24FN7.HI/c1-18-16(20-10-15-21-11-22-24(15)4)19-9-14(23(2)3)12-5-7-13(17)8-6-12;/h5-8,11,14H,9-10H2,1-4H3,(H2,18,19,20);1H. The number of aliphatic imine (C=N–C) groups is 1. The van der Waals surface area contributed by atoms with Crippen molar-refractivity contribution < 1.29 is 4.39 Å². The van der Waals surface area contributed by atoms with Crippen LogP contribution in [0.5, 0.6) is 0 Å². The van der Waals surface area contributed by atoms with Crippen molar-refractivity contribution in [2.24, 2.45) is 12.0 Å². The summed E-state index contributed by atoms with van der Waals surface area (Å²) in [5.74, 6) is 1.26. The molecule has 1 aromatic carbocycles. The fraction of sp³-hybridized carbons (Fsp3) is 0.438. The van der Waals surface area contributed by atoms with Gasteiger partial charge in [0.15, 0.2) is 5.96 Å². The molecule has 9 heteroatoms. The van der Waals surface area contributed by atoms with Crippen molar-refractivity contribution in [3.8, 4) is 0 Å².